The van der Waals surface area contributed by atoms with Crippen LogP contribution in [0.4, 0.5) is 8.78 Å². The molecule has 2 rings (SSSR count). The van der Waals surface area contributed by atoms with E-state index in [1.807, 2.05) is 0 Å². The van der Waals surface area contributed by atoms with Gasteiger partial charge in [-0.3, -0.25) is 0 Å². The summed E-state index contributed by atoms with van der Waals surface area (Å²) in [6, 6.07) is 7.32. The van der Waals surface area contributed by atoms with E-state index in [-0.39, 0.29) is 10.6 Å². The summed E-state index contributed by atoms with van der Waals surface area (Å²) < 4.78 is 27.3. The zero-order chi connectivity index (χ0) is 14.2. The van der Waals surface area contributed by atoms with E-state index >= 15 is 0 Å². The number of aliphatic hydroxyl groups excluding tert-OH is 1. The van der Waals surface area contributed by atoms with E-state index in [0.717, 1.165) is 6.07 Å². The zero-order valence-electron chi connectivity index (χ0n) is 10.5. The van der Waals surface area contributed by atoms with Gasteiger partial charge in [0.1, 0.15) is 17.7 Å². The fraction of sp³-hybridized carbons (Fsp3) is 0.200. The van der Waals surface area contributed by atoms with Crippen molar-refractivity contribution < 1.29 is 13.9 Å². The maximum atomic E-state index is 14.0. The van der Waals surface area contributed by atoms with Crippen LogP contribution in [0.5, 0.6) is 0 Å². The van der Waals surface area contributed by atoms with E-state index in [1.165, 1.54) is 12.1 Å². The quantitative estimate of drug-likeness (QED) is 0.870. The van der Waals surface area contributed by atoms with Crippen molar-refractivity contribution in [3.8, 4) is 0 Å². The van der Waals surface area contributed by atoms with Crippen molar-refractivity contribution in [2.24, 2.45) is 0 Å². The predicted molar refractivity (Wildman–Crippen MR) is 71.3 cm³/mol. The Bertz CT molecular complexity index is 626. The van der Waals surface area contributed by atoms with E-state index < -0.39 is 17.7 Å². The van der Waals surface area contributed by atoms with Crippen molar-refractivity contribution in [1.82, 2.24) is 0 Å². The Morgan fingerprint density at radius 3 is 2.42 bits per heavy atom. The molecule has 0 amide bonds. The lowest BCUT2D eigenvalue weighted by Gasteiger charge is -2.16. The molecule has 0 heterocycles. The number of halogens is 3. The van der Waals surface area contributed by atoms with E-state index in [0.29, 0.717) is 16.7 Å². The van der Waals surface area contributed by atoms with Crippen molar-refractivity contribution >= 4 is 11.6 Å². The molecule has 0 aliphatic rings. The molecular formula is C15H13ClF2O. The van der Waals surface area contributed by atoms with Crippen LogP contribution in [-0.2, 0) is 0 Å². The summed E-state index contributed by atoms with van der Waals surface area (Å²) in [5.41, 5.74) is 1.22. The first-order valence-electron chi connectivity index (χ1n) is 5.80. The molecule has 19 heavy (non-hydrogen) atoms. The average Bonchev–Trinajstić information content (AvgIpc) is 2.36. The van der Waals surface area contributed by atoms with Crippen molar-refractivity contribution in [3.05, 3.63) is 69.2 Å². The Balaban J connectivity index is 2.53. The summed E-state index contributed by atoms with van der Waals surface area (Å²) in [5.74, 6) is -0.932. The van der Waals surface area contributed by atoms with Crippen LogP contribution in [0.15, 0.2) is 30.3 Å². The monoisotopic (exact) mass is 282 g/mol. The van der Waals surface area contributed by atoms with Gasteiger partial charge in [-0.1, -0.05) is 29.8 Å². The first-order valence-corrected chi connectivity index (χ1v) is 6.18. The summed E-state index contributed by atoms with van der Waals surface area (Å²) in [4.78, 5) is 0. The number of aryl methyl sites for hydroxylation is 2. The van der Waals surface area contributed by atoms with Gasteiger partial charge in [0, 0.05) is 16.1 Å². The van der Waals surface area contributed by atoms with Crippen molar-refractivity contribution in [2.75, 3.05) is 0 Å². The molecule has 100 valence electrons. The molecule has 4 heteroatoms. The largest absolute Gasteiger partial charge is 0.383 e. The normalized spacial score (nSPS) is 12.5. The van der Waals surface area contributed by atoms with Gasteiger partial charge in [-0.05, 0) is 37.1 Å². The van der Waals surface area contributed by atoms with E-state index in [4.69, 9.17) is 11.6 Å². The molecule has 0 aliphatic carbocycles. The molecule has 0 bridgehead atoms. The van der Waals surface area contributed by atoms with Crippen LogP contribution in [-0.4, -0.2) is 5.11 Å². The predicted octanol–water partition coefficient (Wildman–Crippen LogP) is 4.32. The molecule has 0 saturated carbocycles. The van der Waals surface area contributed by atoms with Gasteiger partial charge in [-0.25, -0.2) is 8.78 Å². The van der Waals surface area contributed by atoms with E-state index in [2.05, 4.69) is 0 Å². The van der Waals surface area contributed by atoms with Crippen LogP contribution < -0.4 is 0 Å². The second-order valence-electron chi connectivity index (χ2n) is 4.50. The van der Waals surface area contributed by atoms with Crippen LogP contribution in [0.3, 0.4) is 0 Å². The van der Waals surface area contributed by atoms with Crippen LogP contribution in [0.25, 0.3) is 0 Å². The Morgan fingerprint density at radius 1 is 1.05 bits per heavy atom. The van der Waals surface area contributed by atoms with Crippen LogP contribution >= 0.6 is 11.6 Å². The van der Waals surface area contributed by atoms with Crippen LogP contribution in [0, 0.1) is 25.5 Å². The van der Waals surface area contributed by atoms with Gasteiger partial charge in [0.25, 0.3) is 0 Å². The number of rotatable bonds is 2. The van der Waals surface area contributed by atoms with E-state index in [9.17, 15) is 13.9 Å². The number of hydrogen-bond acceptors (Lipinski definition) is 1. The summed E-state index contributed by atoms with van der Waals surface area (Å²) in [5, 5.41) is 10.3. The third kappa shape index (κ3) is 2.62. The zero-order valence-corrected chi connectivity index (χ0v) is 11.3. The van der Waals surface area contributed by atoms with Crippen LogP contribution in [0.1, 0.15) is 28.4 Å². The minimum Gasteiger partial charge on any atom is -0.383 e. The molecule has 1 nitrogen and oxygen atoms in total. The summed E-state index contributed by atoms with van der Waals surface area (Å²) in [7, 11) is 0. The maximum absolute atomic E-state index is 14.0. The molecule has 0 saturated heterocycles. The highest BCUT2D eigenvalue weighted by molar-refractivity contribution is 6.31. The summed E-state index contributed by atoms with van der Waals surface area (Å²) >= 11 is 5.92. The molecule has 2 aromatic rings. The summed E-state index contributed by atoms with van der Waals surface area (Å²) in [6.45, 7) is 3.18. The highest BCUT2D eigenvalue weighted by atomic mass is 35.5. The third-order valence-corrected chi connectivity index (χ3v) is 3.42. The fourth-order valence-electron chi connectivity index (χ4n) is 1.94. The van der Waals surface area contributed by atoms with Gasteiger partial charge in [-0.15, -0.1) is 0 Å². The smallest absolute Gasteiger partial charge is 0.132 e. The van der Waals surface area contributed by atoms with E-state index in [1.54, 1.807) is 26.0 Å². The fourth-order valence-corrected chi connectivity index (χ4v) is 2.19. The third-order valence-electron chi connectivity index (χ3n) is 3.09. The molecular weight excluding hydrogens is 270 g/mol. The SMILES string of the molecule is Cc1cc(C(O)c2cccc(C)c2F)c(Cl)cc1F. The standard InChI is InChI=1S/C15H13ClF2O/c1-8-4-3-5-10(14(8)18)15(19)11-6-9(2)13(17)7-12(11)16/h3-7,15,19H,1-2H3. The van der Waals surface area contributed by atoms with Gasteiger partial charge in [-0.2, -0.15) is 0 Å². The first kappa shape index (κ1) is 14.0. The molecule has 1 unspecified atom stereocenters. The number of benzene rings is 2. The van der Waals surface area contributed by atoms with Gasteiger partial charge in [0.2, 0.25) is 0 Å². The lowest BCUT2D eigenvalue weighted by molar-refractivity contribution is 0.214. The molecule has 0 aromatic heterocycles. The molecule has 1 atom stereocenters. The molecule has 2 aromatic carbocycles. The second kappa shape index (κ2) is 5.27. The highest BCUT2D eigenvalue weighted by Gasteiger charge is 2.19. The first-order chi connectivity index (χ1) is 8.91. The van der Waals surface area contributed by atoms with Crippen molar-refractivity contribution in [1.29, 1.82) is 0 Å². The van der Waals surface area contributed by atoms with Gasteiger partial charge >= 0.3 is 0 Å². The Labute approximate surface area is 115 Å². The molecule has 0 fully saturated rings. The topological polar surface area (TPSA) is 20.2 Å². The number of hydrogen-bond donors (Lipinski definition) is 1. The maximum Gasteiger partial charge on any atom is 0.132 e. The summed E-state index contributed by atoms with van der Waals surface area (Å²) in [6.07, 6.45) is -1.22. The minimum absolute atomic E-state index is 0.0801. The average molecular weight is 283 g/mol. The van der Waals surface area contributed by atoms with Gasteiger partial charge in [0.15, 0.2) is 0 Å². The Kier molecular flexibility index (Phi) is 3.88. The van der Waals surface area contributed by atoms with Crippen molar-refractivity contribution in [3.63, 3.8) is 0 Å². The molecule has 0 radical (unpaired) electrons. The van der Waals surface area contributed by atoms with Gasteiger partial charge in [0.05, 0.1) is 0 Å². The lowest BCUT2D eigenvalue weighted by atomic mass is 9.98. The lowest BCUT2D eigenvalue weighted by Crippen LogP contribution is -2.05. The molecule has 1 N–H and O–H groups in total. The Hall–Kier alpha value is -1.45. The van der Waals surface area contributed by atoms with Crippen LogP contribution in [0.2, 0.25) is 5.02 Å². The molecule has 0 spiro atoms. The highest BCUT2D eigenvalue weighted by Crippen LogP contribution is 2.32. The minimum atomic E-state index is -1.22. The molecule has 0 aliphatic heterocycles. The Morgan fingerprint density at radius 2 is 1.74 bits per heavy atom. The van der Waals surface area contributed by atoms with Crippen molar-refractivity contribution in [2.45, 2.75) is 20.0 Å². The second-order valence-corrected chi connectivity index (χ2v) is 4.91. The number of aliphatic hydroxyl groups is 1. The van der Waals surface area contributed by atoms with Gasteiger partial charge < -0.3 is 5.11 Å².